The van der Waals surface area contributed by atoms with Gasteiger partial charge in [-0.05, 0) is 22.6 Å². The van der Waals surface area contributed by atoms with Crippen molar-refractivity contribution in [2.75, 3.05) is 5.32 Å². The third-order valence-corrected chi connectivity index (χ3v) is 8.98. The van der Waals surface area contributed by atoms with E-state index in [2.05, 4.69) is 115 Å². The summed E-state index contributed by atoms with van der Waals surface area (Å²) in [5, 5.41) is 5.99. The molecule has 0 spiro atoms. The monoisotopic (exact) mass is 570 g/mol. The summed E-state index contributed by atoms with van der Waals surface area (Å²) in [6.45, 7) is 0. The first kappa shape index (κ1) is 25.3. The number of nitrogens with zero attached hydrogens (tertiary/aromatic N) is 3. The van der Waals surface area contributed by atoms with Crippen LogP contribution in [0.4, 0.5) is 5.69 Å². The van der Waals surface area contributed by atoms with Crippen LogP contribution in [0.25, 0.3) is 56.1 Å². The summed E-state index contributed by atoms with van der Waals surface area (Å²) in [5.74, 6) is 1.98. The molecule has 0 saturated heterocycles. The third-order valence-electron chi connectivity index (χ3n) is 7.70. The molecule has 0 saturated carbocycles. The molecule has 0 atom stereocenters. The van der Waals surface area contributed by atoms with Crippen molar-refractivity contribution in [2.24, 2.45) is 0 Å². The van der Waals surface area contributed by atoms with Gasteiger partial charge in [0.05, 0.1) is 10.7 Å². The van der Waals surface area contributed by atoms with Crippen LogP contribution in [0.15, 0.2) is 150 Å². The predicted octanol–water partition coefficient (Wildman–Crippen LogP) is 9.12. The molecule has 2 heterocycles. The molecule has 0 radical (unpaired) electrons. The van der Waals surface area contributed by atoms with E-state index < -0.39 is 0 Å². The summed E-state index contributed by atoms with van der Waals surface area (Å²) in [6.07, 6.45) is 0. The molecule has 1 aliphatic rings. The second kappa shape index (κ2) is 10.8. The van der Waals surface area contributed by atoms with Crippen molar-refractivity contribution in [3.63, 3.8) is 0 Å². The van der Waals surface area contributed by atoms with Crippen molar-refractivity contribution in [3.05, 3.63) is 151 Å². The van der Waals surface area contributed by atoms with Gasteiger partial charge >= 0.3 is 0 Å². The molecule has 204 valence electrons. The maximum absolute atomic E-state index is 5.10. The van der Waals surface area contributed by atoms with Gasteiger partial charge in [-0.25, -0.2) is 15.0 Å². The zero-order valence-corrected chi connectivity index (χ0v) is 24.0. The van der Waals surface area contributed by atoms with E-state index in [1.807, 2.05) is 36.4 Å². The van der Waals surface area contributed by atoms with Gasteiger partial charge in [-0.1, -0.05) is 140 Å². The summed E-state index contributed by atoms with van der Waals surface area (Å²) in [5.41, 5.74) is 7.56. The van der Waals surface area contributed by atoms with Crippen molar-refractivity contribution in [1.29, 1.82) is 0 Å². The van der Waals surface area contributed by atoms with Crippen molar-refractivity contribution in [1.82, 2.24) is 15.0 Å². The SMILES string of the molecule is c1ccc(C2=[SH]c3c(ccc4cccc(-c5nc(-c6ccccc6)nc(-c6ccc(-c7ccccc7)cc6)n5)c34)N2)cc1. The highest BCUT2D eigenvalue weighted by Gasteiger charge is 2.20. The molecule has 0 fully saturated rings. The maximum atomic E-state index is 5.10. The second-order valence-corrected chi connectivity index (χ2v) is 11.6. The fraction of sp³-hybridized carbons (Fsp3) is 0. The van der Waals surface area contributed by atoms with Gasteiger partial charge in [0.1, 0.15) is 0 Å². The highest BCUT2D eigenvalue weighted by Crippen LogP contribution is 2.42. The van der Waals surface area contributed by atoms with Crippen LogP contribution in [0.3, 0.4) is 0 Å². The van der Waals surface area contributed by atoms with E-state index in [1.54, 1.807) is 0 Å². The normalized spacial score (nSPS) is 12.2. The van der Waals surface area contributed by atoms with E-state index in [4.69, 9.17) is 15.0 Å². The molecule has 6 aromatic carbocycles. The standard InChI is InChI=1S/C38H26N4S/c1-4-11-25(12-5-1)26-19-21-29(22-20-26)36-40-35(28-13-6-2-7-14-28)41-37(42-36)31-18-10-17-27-23-24-32-34(33(27)31)43-38(39-32)30-15-8-3-9-16-30/h1-24,39,43H. The number of fused-ring (bicyclic) bond motifs is 3. The van der Waals surface area contributed by atoms with Gasteiger partial charge < -0.3 is 5.32 Å². The largest absolute Gasteiger partial charge is 0.349 e. The molecule has 8 rings (SSSR count). The number of hydrogen-bond acceptors (Lipinski definition) is 4. The Balaban J connectivity index is 1.30. The van der Waals surface area contributed by atoms with Crippen LogP contribution >= 0.6 is 11.4 Å². The van der Waals surface area contributed by atoms with E-state index in [0.29, 0.717) is 17.5 Å². The first-order valence-electron chi connectivity index (χ1n) is 14.2. The number of anilines is 1. The third kappa shape index (κ3) is 4.80. The molecule has 1 N–H and O–H groups in total. The molecule has 0 aliphatic carbocycles. The Bertz CT molecular complexity index is 2130. The summed E-state index contributed by atoms with van der Waals surface area (Å²) in [7, 11) is 0. The van der Waals surface area contributed by atoms with Crippen LogP contribution in [0.5, 0.6) is 0 Å². The molecule has 5 heteroatoms. The van der Waals surface area contributed by atoms with E-state index >= 15 is 0 Å². The molecule has 0 bridgehead atoms. The van der Waals surface area contributed by atoms with Gasteiger partial charge in [0.2, 0.25) is 0 Å². The minimum absolute atomic E-state index is 0.653. The number of nitrogens with one attached hydrogen (secondary N) is 1. The summed E-state index contributed by atoms with van der Waals surface area (Å²) < 4.78 is 0. The molecule has 0 amide bonds. The number of rotatable bonds is 5. The summed E-state index contributed by atoms with van der Waals surface area (Å²) in [6, 6.07) is 50.2. The quantitative estimate of drug-likeness (QED) is 0.160. The average molecular weight is 571 g/mol. The molecular formula is C38H26N4S. The topological polar surface area (TPSA) is 50.7 Å². The zero-order chi connectivity index (χ0) is 28.6. The number of aromatic nitrogens is 3. The van der Waals surface area contributed by atoms with Gasteiger partial charge in [-0.15, -0.1) is 11.4 Å². The zero-order valence-electron chi connectivity index (χ0n) is 23.1. The lowest BCUT2D eigenvalue weighted by atomic mass is 10.0. The number of benzene rings is 6. The lowest BCUT2D eigenvalue weighted by Crippen LogP contribution is -2.07. The van der Waals surface area contributed by atoms with Gasteiger partial charge in [0, 0.05) is 32.5 Å². The Morgan fingerprint density at radius 3 is 1.63 bits per heavy atom. The fourth-order valence-corrected chi connectivity index (χ4v) is 6.84. The van der Waals surface area contributed by atoms with Crippen LogP contribution in [0.2, 0.25) is 0 Å². The van der Waals surface area contributed by atoms with Gasteiger partial charge in [-0.3, -0.25) is 0 Å². The molecule has 1 aromatic heterocycles. The molecular weight excluding hydrogens is 545 g/mol. The van der Waals surface area contributed by atoms with Crippen LogP contribution in [-0.2, 0) is 0 Å². The first-order chi connectivity index (χ1) is 21.3. The van der Waals surface area contributed by atoms with E-state index in [1.165, 1.54) is 21.0 Å². The van der Waals surface area contributed by atoms with Gasteiger partial charge in [-0.2, -0.15) is 0 Å². The van der Waals surface area contributed by atoms with Gasteiger partial charge in [0.15, 0.2) is 17.5 Å². The van der Waals surface area contributed by atoms with Gasteiger partial charge in [0.25, 0.3) is 0 Å². The predicted molar refractivity (Wildman–Crippen MR) is 181 cm³/mol. The highest BCUT2D eigenvalue weighted by atomic mass is 32.1. The van der Waals surface area contributed by atoms with Crippen molar-refractivity contribution in [2.45, 2.75) is 4.90 Å². The lowest BCUT2D eigenvalue weighted by molar-refractivity contribution is 1.08. The summed E-state index contributed by atoms with van der Waals surface area (Å²) in [4.78, 5) is 17.5. The second-order valence-electron chi connectivity index (χ2n) is 10.4. The van der Waals surface area contributed by atoms with E-state index in [-0.39, 0.29) is 0 Å². The van der Waals surface area contributed by atoms with Crippen molar-refractivity contribution in [3.8, 4) is 45.3 Å². The average Bonchev–Trinajstić information content (AvgIpc) is 3.54. The van der Waals surface area contributed by atoms with Crippen LogP contribution in [0, 0.1) is 0 Å². The smallest absolute Gasteiger partial charge is 0.164 e. The number of thiol groups is 1. The minimum atomic E-state index is 0.653. The van der Waals surface area contributed by atoms with Crippen LogP contribution in [-0.4, -0.2) is 19.9 Å². The Hall–Kier alpha value is -5.39. The molecule has 43 heavy (non-hydrogen) atoms. The number of hydrogen-bond donors (Lipinski definition) is 2. The molecule has 4 nitrogen and oxygen atoms in total. The van der Waals surface area contributed by atoms with Crippen molar-refractivity contribution < 1.29 is 0 Å². The highest BCUT2D eigenvalue weighted by molar-refractivity contribution is 8.00. The Morgan fingerprint density at radius 2 is 0.953 bits per heavy atom. The van der Waals surface area contributed by atoms with E-state index in [0.717, 1.165) is 50.1 Å². The Kier molecular flexibility index (Phi) is 6.35. The van der Waals surface area contributed by atoms with Crippen molar-refractivity contribution >= 4 is 32.8 Å². The minimum Gasteiger partial charge on any atom is -0.349 e. The Labute approximate surface area is 253 Å². The molecule has 0 unspecified atom stereocenters. The Morgan fingerprint density at radius 1 is 0.419 bits per heavy atom. The summed E-state index contributed by atoms with van der Waals surface area (Å²) >= 11 is 1.13. The van der Waals surface area contributed by atoms with Crippen LogP contribution < -0.4 is 5.32 Å². The first-order valence-corrected chi connectivity index (χ1v) is 15.1. The molecule has 1 aliphatic heterocycles. The lowest BCUT2D eigenvalue weighted by Gasteiger charge is -2.12. The fourth-order valence-electron chi connectivity index (χ4n) is 5.55. The van der Waals surface area contributed by atoms with Crippen LogP contribution in [0.1, 0.15) is 5.56 Å². The molecule has 7 aromatic rings. The maximum Gasteiger partial charge on any atom is 0.164 e. The van der Waals surface area contributed by atoms with E-state index in [9.17, 15) is 0 Å².